The van der Waals surface area contributed by atoms with Crippen molar-refractivity contribution in [3.63, 3.8) is 0 Å². The first-order chi connectivity index (χ1) is 6.86. The molecule has 0 radical (unpaired) electrons. The molecule has 15 heavy (non-hydrogen) atoms. The highest BCUT2D eigenvalue weighted by Gasteiger charge is 2.45. The lowest BCUT2D eigenvalue weighted by Gasteiger charge is -2.51. The number of hydrogen-bond acceptors (Lipinski definition) is 2. The molecule has 0 aromatic heterocycles. The molecule has 0 aliphatic carbocycles. The molecular formula is C13H27NO. The van der Waals surface area contributed by atoms with Crippen LogP contribution in [0.3, 0.4) is 0 Å². The summed E-state index contributed by atoms with van der Waals surface area (Å²) in [5, 5.41) is 3.55. The van der Waals surface area contributed by atoms with Gasteiger partial charge in [-0.15, -0.1) is 0 Å². The molecule has 0 amide bonds. The molecule has 2 heteroatoms. The van der Waals surface area contributed by atoms with E-state index in [0.29, 0.717) is 11.8 Å². The normalized spacial score (nSPS) is 37.6. The number of hydrogen-bond donors (Lipinski definition) is 1. The first-order valence-electron chi connectivity index (χ1n) is 6.27. The van der Waals surface area contributed by atoms with Crippen LogP contribution in [-0.4, -0.2) is 24.3 Å². The molecular weight excluding hydrogens is 186 g/mol. The van der Waals surface area contributed by atoms with Gasteiger partial charge >= 0.3 is 0 Å². The Hall–Kier alpha value is -0.0800. The zero-order valence-electron chi connectivity index (χ0n) is 11.2. The van der Waals surface area contributed by atoms with Crippen molar-refractivity contribution in [1.29, 1.82) is 0 Å². The lowest BCUT2D eigenvalue weighted by molar-refractivity contribution is -0.208. The second-order valence-electron chi connectivity index (χ2n) is 5.75. The van der Waals surface area contributed by atoms with Crippen LogP contribution in [0.4, 0.5) is 0 Å². The summed E-state index contributed by atoms with van der Waals surface area (Å²) in [6.45, 7) is 15.4. The van der Waals surface area contributed by atoms with Crippen molar-refractivity contribution >= 4 is 0 Å². The summed E-state index contributed by atoms with van der Waals surface area (Å²) < 4.78 is 6.47. The van der Waals surface area contributed by atoms with Crippen LogP contribution in [0.15, 0.2) is 0 Å². The highest BCUT2D eigenvalue weighted by molar-refractivity contribution is 4.97. The topological polar surface area (TPSA) is 21.3 Å². The SMILES string of the molecule is CCC1(C(C)C)CNCC(C)(C(C)C)O1. The molecule has 0 bridgehead atoms. The van der Waals surface area contributed by atoms with Crippen LogP contribution in [0.25, 0.3) is 0 Å². The highest BCUT2D eigenvalue weighted by Crippen LogP contribution is 2.36. The van der Waals surface area contributed by atoms with Gasteiger partial charge in [-0.25, -0.2) is 0 Å². The van der Waals surface area contributed by atoms with E-state index in [0.717, 1.165) is 19.5 Å². The van der Waals surface area contributed by atoms with E-state index in [2.05, 4.69) is 46.9 Å². The maximum Gasteiger partial charge on any atom is 0.0834 e. The number of ether oxygens (including phenoxy) is 1. The summed E-state index contributed by atoms with van der Waals surface area (Å²) in [5.41, 5.74) is 0.00972. The van der Waals surface area contributed by atoms with E-state index < -0.39 is 0 Å². The Labute approximate surface area is 94.8 Å². The summed E-state index contributed by atoms with van der Waals surface area (Å²) in [7, 11) is 0. The molecule has 90 valence electrons. The largest absolute Gasteiger partial charge is 0.366 e. The molecule has 1 saturated heterocycles. The second kappa shape index (κ2) is 4.42. The molecule has 1 rings (SSSR count). The van der Waals surface area contributed by atoms with Crippen LogP contribution in [-0.2, 0) is 4.74 Å². The standard InChI is InChI=1S/C13H27NO/c1-7-13(11(4)5)9-14-8-12(6,15-13)10(2)3/h10-11,14H,7-9H2,1-6H3. The predicted molar refractivity (Wildman–Crippen MR) is 65.1 cm³/mol. The van der Waals surface area contributed by atoms with Crippen molar-refractivity contribution < 1.29 is 4.74 Å². The Balaban J connectivity index is 2.86. The third kappa shape index (κ3) is 2.36. The van der Waals surface area contributed by atoms with E-state index >= 15 is 0 Å². The average Bonchev–Trinajstić information content (AvgIpc) is 2.17. The summed E-state index contributed by atoms with van der Waals surface area (Å²) in [5.74, 6) is 1.11. The summed E-state index contributed by atoms with van der Waals surface area (Å²) in [6, 6.07) is 0. The van der Waals surface area contributed by atoms with Gasteiger partial charge in [-0.3, -0.25) is 0 Å². The van der Waals surface area contributed by atoms with Crippen LogP contribution in [0.2, 0.25) is 0 Å². The minimum Gasteiger partial charge on any atom is -0.366 e. The van der Waals surface area contributed by atoms with Crippen LogP contribution in [0.5, 0.6) is 0 Å². The molecule has 1 heterocycles. The molecule has 1 aliphatic rings. The Morgan fingerprint density at radius 1 is 1.13 bits per heavy atom. The van der Waals surface area contributed by atoms with Crippen LogP contribution >= 0.6 is 0 Å². The summed E-state index contributed by atoms with van der Waals surface area (Å²) >= 11 is 0. The minimum atomic E-state index is -0.0153. The van der Waals surface area contributed by atoms with E-state index in [1.165, 1.54) is 0 Å². The van der Waals surface area contributed by atoms with Gasteiger partial charge in [-0.05, 0) is 25.2 Å². The van der Waals surface area contributed by atoms with E-state index in [-0.39, 0.29) is 11.2 Å². The number of rotatable bonds is 3. The van der Waals surface area contributed by atoms with Gasteiger partial charge in [0, 0.05) is 13.1 Å². The second-order valence-corrected chi connectivity index (χ2v) is 5.75. The van der Waals surface area contributed by atoms with Crippen molar-refractivity contribution in [2.24, 2.45) is 11.8 Å². The third-order valence-corrected chi connectivity index (χ3v) is 4.21. The summed E-state index contributed by atoms with van der Waals surface area (Å²) in [6.07, 6.45) is 1.08. The van der Waals surface area contributed by atoms with Crippen molar-refractivity contribution in [1.82, 2.24) is 5.32 Å². The lowest BCUT2D eigenvalue weighted by Crippen LogP contribution is -2.62. The van der Waals surface area contributed by atoms with Gasteiger partial charge in [0.15, 0.2) is 0 Å². The molecule has 1 N–H and O–H groups in total. The van der Waals surface area contributed by atoms with Gasteiger partial charge in [-0.1, -0.05) is 34.6 Å². The highest BCUT2D eigenvalue weighted by atomic mass is 16.5. The molecule has 0 saturated carbocycles. The van der Waals surface area contributed by atoms with Crippen LogP contribution in [0.1, 0.15) is 48.0 Å². The minimum absolute atomic E-state index is 0.0153. The maximum atomic E-state index is 6.47. The van der Waals surface area contributed by atoms with Crippen LogP contribution in [0, 0.1) is 11.8 Å². The first-order valence-corrected chi connectivity index (χ1v) is 6.27. The predicted octanol–water partition coefficient (Wildman–Crippen LogP) is 2.83. The molecule has 0 spiro atoms. The Kier molecular flexibility index (Phi) is 3.83. The molecule has 2 unspecified atom stereocenters. The quantitative estimate of drug-likeness (QED) is 0.778. The van der Waals surface area contributed by atoms with Gasteiger partial charge in [0.05, 0.1) is 11.2 Å². The van der Waals surface area contributed by atoms with Crippen molar-refractivity contribution in [2.45, 2.75) is 59.2 Å². The van der Waals surface area contributed by atoms with Gasteiger partial charge in [0.1, 0.15) is 0 Å². The average molecular weight is 213 g/mol. The summed E-state index contributed by atoms with van der Waals surface area (Å²) in [4.78, 5) is 0. The van der Waals surface area contributed by atoms with Crippen molar-refractivity contribution in [2.75, 3.05) is 13.1 Å². The molecule has 2 atom stereocenters. The van der Waals surface area contributed by atoms with E-state index in [1.54, 1.807) is 0 Å². The van der Waals surface area contributed by atoms with Gasteiger partial charge < -0.3 is 10.1 Å². The third-order valence-electron chi connectivity index (χ3n) is 4.21. The van der Waals surface area contributed by atoms with Crippen molar-refractivity contribution in [3.8, 4) is 0 Å². The van der Waals surface area contributed by atoms with E-state index in [9.17, 15) is 0 Å². The zero-order chi connectivity index (χ0) is 11.7. The number of morpholine rings is 1. The molecule has 1 aliphatic heterocycles. The maximum absolute atomic E-state index is 6.47. The van der Waals surface area contributed by atoms with Crippen molar-refractivity contribution in [3.05, 3.63) is 0 Å². The fourth-order valence-corrected chi connectivity index (χ4v) is 2.31. The smallest absolute Gasteiger partial charge is 0.0834 e. The lowest BCUT2D eigenvalue weighted by atomic mass is 9.81. The molecule has 1 fully saturated rings. The number of nitrogens with one attached hydrogen (secondary N) is 1. The Bertz CT molecular complexity index is 215. The fourth-order valence-electron chi connectivity index (χ4n) is 2.31. The Morgan fingerprint density at radius 3 is 2.13 bits per heavy atom. The molecule has 0 aromatic carbocycles. The first kappa shape index (κ1) is 13.0. The van der Waals surface area contributed by atoms with Gasteiger partial charge in [-0.2, -0.15) is 0 Å². The Morgan fingerprint density at radius 2 is 1.73 bits per heavy atom. The van der Waals surface area contributed by atoms with E-state index in [4.69, 9.17) is 4.74 Å². The van der Waals surface area contributed by atoms with Gasteiger partial charge in [0.2, 0.25) is 0 Å². The molecule has 2 nitrogen and oxygen atoms in total. The van der Waals surface area contributed by atoms with Crippen LogP contribution < -0.4 is 5.32 Å². The zero-order valence-corrected chi connectivity index (χ0v) is 11.2. The fraction of sp³-hybridized carbons (Fsp3) is 1.00. The van der Waals surface area contributed by atoms with E-state index in [1.807, 2.05) is 0 Å². The molecule has 0 aromatic rings. The monoisotopic (exact) mass is 213 g/mol. The van der Waals surface area contributed by atoms with Gasteiger partial charge in [0.25, 0.3) is 0 Å².